The first kappa shape index (κ1) is 12.9. The second-order valence-corrected chi connectivity index (χ2v) is 3.43. The summed E-state index contributed by atoms with van der Waals surface area (Å²) in [6.45, 7) is 1.83. The summed E-state index contributed by atoms with van der Waals surface area (Å²) in [5.41, 5.74) is 10.4. The van der Waals surface area contributed by atoms with Gasteiger partial charge in [0.1, 0.15) is 5.82 Å². The van der Waals surface area contributed by atoms with E-state index in [4.69, 9.17) is 11.5 Å². The number of aromatic nitrogens is 2. The van der Waals surface area contributed by atoms with Crippen molar-refractivity contribution in [3.05, 3.63) is 23.8 Å². The van der Waals surface area contributed by atoms with Crippen LogP contribution in [0.25, 0.3) is 0 Å². The third kappa shape index (κ3) is 2.89. The molecule has 0 bridgehead atoms. The lowest BCUT2D eigenvalue weighted by molar-refractivity contribution is -0.138. The molecule has 0 aromatic carbocycles. The van der Waals surface area contributed by atoms with Crippen molar-refractivity contribution in [1.29, 1.82) is 0 Å². The van der Waals surface area contributed by atoms with Crippen LogP contribution in [-0.4, -0.2) is 16.0 Å². The van der Waals surface area contributed by atoms with Gasteiger partial charge < -0.3 is 11.5 Å². The summed E-state index contributed by atoms with van der Waals surface area (Å²) < 4.78 is 36.6. The van der Waals surface area contributed by atoms with Crippen LogP contribution >= 0.6 is 0 Å². The third-order valence-electron chi connectivity index (χ3n) is 2.23. The molecule has 1 rings (SSSR count). The lowest BCUT2D eigenvalue weighted by Crippen LogP contribution is -2.34. The smallest absolute Gasteiger partial charge is 0.326 e. The van der Waals surface area contributed by atoms with Crippen molar-refractivity contribution in [3.63, 3.8) is 0 Å². The molecule has 2 unspecified atom stereocenters. The molecular formula is C9H13F3N4. The van der Waals surface area contributed by atoms with Gasteiger partial charge in [-0.2, -0.15) is 13.2 Å². The van der Waals surface area contributed by atoms with Gasteiger partial charge in [-0.05, 0) is 6.42 Å². The molecule has 0 aliphatic rings. The fourth-order valence-corrected chi connectivity index (χ4v) is 1.10. The first-order valence-electron chi connectivity index (χ1n) is 4.76. The van der Waals surface area contributed by atoms with E-state index in [1.165, 1.54) is 0 Å². The summed E-state index contributed by atoms with van der Waals surface area (Å²) in [6, 6.07) is -1.01. The zero-order valence-electron chi connectivity index (χ0n) is 8.70. The van der Waals surface area contributed by atoms with Crippen LogP contribution < -0.4 is 11.5 Å². The van der Waals surface area contributed by atoms with Gasteiger partial charge in [-0.15, -0.1) is 0 Å². The van der Waals surface area contributed by atoms with Crippen LogP contribution in [0.2, 0.25) is 0 Å². The van der Waals surface area contributed by atoms with Gasteiger partial charge in [-0.3, -0.25) is 0 Å². The Balaban J connectivity index is 2.87. The number of nitrogens with two attached hydrogens (primary N) is 2. The fourth-order valence-electron chi connectivity index (χ4n) is 1.10. The molecule has 4 N–H and O–H groups in total. The molecule has 0 fully saturated rings. The van der Waals surface area contributed by atoms with Gasteiger partial charge in [0, 0.05) is 18.4 Å². The SMILES string of the molecule is CCC(N)C(N)c1ncc(C(F)(F)F)cn1. The Morgan fingerprint density at radius 1 is 1.25 bits per heavy atom. The molecule has 2 atom stereocenters. The molecule has 0 amide bonds. The Morgan fingerprint density at radius 2 is 1.75 bits per heavy atom. The fraction of sp³-hybridized carbons (Fsp3) is 0.556. The van der Waals surface area contributed by atoms with Gasteiger partial charge >= 0.3 is 6.18 Å². The van der Waals surface area contributed by atoms with E-state index in [9.17, 15) is 13.2 Å². The molecule has 0 radical (unpaired) electrons. The van der Waals surface area contributed by atoms with Gasteiger partial charge in [0.25, 0.3) is 0 Å². The highest BCUT2D eigenvalue weighted by Crippen LogP contribution is 2.28. The summed E-state index contributed by atoms with van der Waals surface area (Å²) >= 11 is 0. The predicted octanol–water partition coefficient (Wildman–Crippen LogP) is 1.23. The van der Waals surface area contributed by atoms with Gasteiger partial charge in [-0.1, -0.05) is 6.92 Å². The van der Waals surface area contributed by atoms with Crippen molar-refractivity contribution < 1.29 is 13.2 Å². The highest BCUT2D eigenvalue weighted by molar-refractivity contribution is 5.11. The van der Waals surface area contributed by atoms with Crippen LogP contribution in [0, 0.1) is 0 Å². The first-order chi connectivity index (χ1) is 7.36. The Labute approximate surface area is 90.9 Å². The second-order valence-electron chi connectivity index (χ2n) is 3.43. The zero-order chi connectivity index (χ0) is 12.3. The molecule has 1 aromatic heterocycles. The summed E-state index contributed by atoms with van der Waals surface area (Å²) in [6.07, 6.45) is -2.41. The van der Waals surface area contributed by atoms with Crippen molar-refractivity contribution in [3.8, 4) is 0 Å². The number of halogens is 3. The van der Waals surface area contributed by atoms with Gasteiger partial charge in [0.15, 0.2) is 0 Å². The van der Waals surface area contributed by atoms with E-state index in [-0.39, 0.29) is 11.9 Å². The third-order valence-corrected chi connectivity index (χ3v) is 2.23. The van der Waals surface area contributed by atoms with Crippen molar-refractivity contribution in [2.45, 2.75) is 31.6 Å². The Kier molecular flexibility index (Phi) is 3.82. The van der Waals surface area contributed by atoms with Crippen molar-refractivity contribution in [1.82, 2.24) is 9.97 Å². The van der Waals surface area contributed by atoms with Crippen LogP contribution in [0.5, 0.6) is 0 Å². The van der Waals surface area contributed by atoms with Crippen molar-refractivity contribution >= 4 is 0 Å². The molecule has 4 nitrogen and oxygen atoms in total. The van der Waals surface area contributed by atoms with Gasteiger partial charge in [-0.25, -0.2) is 9.97 Å². The van der Waals surface area contributed by atoms with Crippen LogP contribution in [0.4, 0.5) is 13.2 Å². The van der Waals surface area contributed by atoms with Crippen LogP contribution in [0.3, 0.4) is 0 Å². The second kappa shape index (κ2) is 4.75. The highest BCUT2D eigenvalue weighted by atomic mass is 19.4. The normalized spacial score (nSPS) is 15.9. The Hall–Kier alpha value is -1.21. The summed E-state index contributed by atoms with van der Waals surface area (Å²) in [5.74, 6) is 0.127. The van der Waals surface area contributed by atoms with Crippen LogP contribution in [-0.2, 0) is 6.18 Å². The molecule has 0 saturated carbocycles. The van der Waals surface area contributed by atoms with E-state index in [0.717, 1.165) is 0 Å². The van der Waals surface area contributed by atoms with Crippen molar-refractivity contribution in [2.24, 2.45) is 11.5 Å². The lowest BCUT2D eigenvalue weighted by Gasteiger charge is -2.16. The van der Waals surface area contributed by atoms with E-state index in [1.807, 2.05) is 6.92 Å². The molecule has 1 heterocycles. The quantitative estimate of drug-likeness (QED) is 0.824. The highest BCUT2D eigenvalue weighted by Gasteiger charge is 2.31. The Bertz CT molecular complexity index is 336. The molecule has 0 saturated heterocycles. The maximum Gasteiger partial charge on any atom is 0.419 e. The molecule has 0 spiro atoms. The molecule has 1 aromatic rings. The molecular weight excluding hydrogens is 221 g/mol. The summed E-state index contributed by atoms with van der Waals surface area (Å²) in [4.78, 5) is 7.16. The summed E-state index contributed by atoms with van der Waals surface area (Å²) in [7, 11) is 0. The summed E-state index contributed by atoms with van der Waals surface area (Å²) in [5, 5.41) is 0. The number of nitrogens with zero attached hydrogens (tertiary/aromatic N) is 2. The maximum atomic E-state index is 12.2. The van der Waals surface area contributed by atoms with Gasteiger partial charge in [0.2, 0.25) is 0 Å². The van der Waals surface area contributed by atoms with E-state index >= 15 is 0 Å². The molecule has 0 aliphatic heterocycles. The maximum absolute atomic E-state index is 12.2. The first-order valence-corrected chi connectivity index (χ1v) is 4.76. The van der Waals surface area contributed by atoms with E-state index < -0.39 is 17.8 Å². The zero-order valence-corrected chi connectivity index (χ0v) is 8.70. The molecule has 7 heteroatoms. The number of rotatable bonds is 3. The largest absolute Gasteiger partial charge is 0.419 e. The number of hydrogen-bond acceptors (Lipinski definition) is 4. The number of hydrogen-bond donors (Lipinski definition) is 2. The minimum Gasteiger partial charge on any atom is -0.326 e. The van der Waals surface area contributed by atoms with Gasteiger partial charge in [0.05, 0.1) is 11.6 Å². The lowest BCUT2D eigenvalue weighted by atomic mass is 10.1. The van der Waals surface area contributed by atoms with Crippen LogP contribution in [0.15, 0.2) is 12.4 Å². The minimum atomic E-state index is -4.44. The van der Waals surface area contributed by atoms with Crippen molar-refractivity contribution in [2.75, 3.05) is 0 Å². The number of alkyl halides is 3. The standard InChI is InChI=1S/C9H13F3N4/c1-2-6(13)7(14)8-15-3-5(4-16-8)9(10,11)12/h3-4,6-7H,2,13-14H2,1H3. The topological polar surface area (TPSA) is 77.8 Å². The van der Waals surface area contributed by atoms with E-state index in [0.29, 0.717) is 18.8 Å². The van der Waals surface area contributed by atoms with Crippen LogP contribution in [0.1, 0.15) is 30.8 Å². The molecule has 90 valence electrons. The molecule has 16 heavy (non-hydrogen) atoms. The predicted molar refractivity (Wildman–Crippen MR) is 52.2 cm³/mol. The molecule has 0 aliphatic carbocycles. The average Bonchev–Trinajstić information content (AvgIpc) is 2.26. The van der Waals surface area contributed by atoms with E-state index in [1.54, 1.807) is 0 Å². The average molecular weight is 234 g/mol. The van der Waals surface area contributed by atoms with E-state index in [2.05, 4.69) is 9.97 Å². The Morgan fingerprint density at radius 3 is 2.12 bits per heavy atom. The minimum absolute atomic E-state index is 0.127. The monoisotopic (exact) mass is 234 g/mol.